The fourth-order valence-corrected chi connectivity index (χ4v) is 3.62. The van der Waals surface area contributed by atoms with Gasteiger partial charge in [0.15, 0.2) is 0 Å². The summed E-state index contributed by atoms with van der Waals surface area (Å²) in [5.74, 6) is 0.535. The Labute approximate surface area is 128 Å². The van der Waals surface area contributed by atoms with E-state index in [1.54, 1.807) is 17.4 Å². The summed E-state index contributed by atoms with van der Waals surface area (Å²) in [5.41, 5.74) is 1.11. The molecule has 0 amide bonds. The quantitative estimate of drug-likeness (QED) is 0.764. The maximum Gasteiger partial charge on any atom is 0.0440 e. The van der Waals surface area contributed by atoms with Gasteiger partial charge in [-0.15, -0.1) is 11.3 Å². The number of hydrogen-bond acceptors (Lipinski definition) is 2. The van der Waals surface area contributed by atoms with Gasteiger partial charge >= 0.3 is 0 Å². The molecule has 102 valence electrons. The van der Waals surface area contributed by atoms with E-state index in [2.05, 4.69) is 36.7 Å². The molecular formula is C15H17Cl2NS. The Morgan fingerprint density at radius 1 is 1.16 bits per heavy atom. The Morgan fingerprint density at radius 2 is 1.84 bits per heavy atom. The van der Waals surface area contributed by atoms with E-state index in [-0.39, 0.29) is 0 Å². The Hall–Kier alpha value is -0.540. The molecule has 0 bridgehead atoms. The van der Waals surface area contributed by atoms with Crippen molar-refractivity contribution >= 4 is 34.5 Å². The van der Waals surface area contributed by atoms with Crippen LogP contribution in [-0.4, -0.2) is 0 Å². The third-order valence-corrected chi connectivity index (χ3v) is 4.36. The summed E-state index contributed by atoms with van der Waals surface area (Å²) < 4.78 is 0. The molecule has 0 saturated carbocycles. The first kappa shape index (κ1) is 14.9. The van der Waals surface area contributed by atoms with Crippen LogP contribution in [0.3, 0.4) is 0 Å². The van der Waals surface area contributed by atoms with Crippen molar-refractivity contribution in [2.45, 2.75) is 26.4 Å². The SMILES string of the molecule is CC(C)C(NCc1cc(Cl)cc(Cl)c1)c1cccs1. The minimum absolute atomic E-state index is 0.359. The summed E-state index contributed by atoms with van der Waals surface area (Å²) in [6.45, 7) is 5.21. The van der Waals surface area contributed by atoms with Gasteiger partial charge in [-0.05, 0) is 41.1 Å². The molecule has 2 aromatic rings. The first-order valence-electron chi connectivity index (χ1n) is 6.28. The van der Waals surface area contributed by atoms with Crippen LogP contribution in [0, 0.1) is 5.92 Å². The first-order valence-corrected chi connectivity index (χ1v) is 7.91. The van der Waals surface area contributed by atoms with Crippen molar-refractivity contribution in [1.29, 1.82) is 0 Å². The Balaban J connectivity index is 2.07. The molecule has 0 radical (unpaired) electrons. The Kier molecular flexibility index (Phi) is 5.28. The zero-order valence-corrected chi connectivity index (χ0v) is 13.3. The maximum absolute atomic E-state index is 6.02. The molecule has 4 heteroatoms. The fourth-order valence-electron chi connectivity index (χ4n) is 2.07. The third-order valence-electron chi connectivity index (χ3n) is 2.96. The largest absolute Gasteiger partial charge is 0.305 e. The standard InChI is InChI=1S/C15H17Cl2NS/c1-10(2)15(14-4-3-5-19-14)18-9-11-6-12(16)8-13(17)7-11/h3-8,10,15,18H,9H2,1-2H3. The number of rotatable bonds is 5. The highest BCUT2D eigenvalue weighted by Gasteiger charge is 2.16. The zero-order valence-electron chi connectivity index (χ0n) is 11.0. The lowest BCUT2D eigenvalue weighted by atomic mass is 10.0. The van der Waals surface area contributed by atoms with Crippen LogP contribution < -0.4 is 5.32 Å². The van der Waals surface area contributed by atoms with Crippen LogP contribution >= 0.6 is 34.5 Å². The molecule has 1 nitrogen and oxygen atoms in total. The van der Waals surface area contributed by atoms with E-state index in [9.17, 15) is 0 Å². The number of halogens is 2. The van der Waals surface area contributed by atoms with Gasteiger partial charge in [-0.3, -0.25) is 0 Å². The molecule has 1 N–H and O–H groups in total. The second-order valence-corrected chi connectivity index (χ2v) is 6.75. The van der Waals surface area contributed by atoms with Crippen LogP contribution in [0.5, 0.6) is 0 Å². The van der Waals surface area contributed by atoms with E-state index < -0.39 is 0 Å². The van der Waals surface area contributed by atoms with Gasteiger partial charge in [0.05, 0.1) is 0 Å². The second kappa shape index (κ2) is 6.76. The van der Waals surface area contributed by atoms with Crippen molar-refractivity contribution in [3.63, 3.8) is 0 Å². The van der Waals surface area contributed by atoms with Crippen LogP contribution in [0.4, 0.5) is 0 Å². The summed E-state index contributed by atoms with van der Waals surface area (Å²) in [5, 5.41) is 7.06. The Bertz CT molecular complexity index is 503. The summed E-state index contributed by atoms with van der Waals surface area (Å²) in [6, 6.07) is 10.3. The van der Waals surface area contributed by atoms with Crippen LogP contribution in [0.2, 0.25) is 10.0 Å². The summed E-state index contributed by atoms with van der Waals surface area (Å²) >= 11 is 13.8. The number of benzene rings is 1. The van der Waals surface area contributed by atoms with Gasteiger partial charge in [0.2, 0.25) is 0 Å². The highest BCUT2D eigenvalue weighted by molar-refractivity contribution is 7.10. The average molecular weight is 314 g/mol. The maximum atomic E-state index is 6.02. The molecule has 0 aliphatic carbocycles. The fraction of sp³-hybridized carbons (Fsp3) is 0.333. The second-order valence-electron chi connectivity index (χ2n) is 4.90. The molecule has 0 spiro atoms. The number of hydrogen-bond donors (Lipinski definition) is 1. The lowest BCUT2D eigenvalue weighted by molar-refractivity contribution is 0.416. The van der Waals surface area contributed by atoms with E-state index in [1.807, 2.05) is 12.1 Å². The molecule has 0 aliphatic heterocycles. The number of thiophene rings is 1. The van der Waals surface area contributed by atoms with Crippen molar-refractivity contribution in [1.82, 2.24) is 5.32 Å². The van der Waals surface area contributed by atoms with Crippen LogP contribution in [0.15, 0.2) is 35.7 Å². The van der Waals surface area contributed by atoms with Crippen LogP contribution in [0.1, 0.15) is 30.3 Å². The molecule has 1 atom stereocenters. The van der Waals surface area contributed by atoms with E-state index in [4.69, 9.17) is 23.2 Å². The molecule has 0 aliphatic rings. The van der Waals surface area contributed by atoms with Crippen molar-refractivity contribution in [3.8, 4) is 0 Å². The van der Waals surface area contributed by atoms with Crippen LogP contribution in [0.25, 0.3) is 0 Å². The van der Waals surface area contributed by atoms with Gasteiger partial charge in [0.1, 0.15) is 0 Å². The molecular weight excluding hydrogens is 297 g/mol. The lowest BCUT2D eigenvalue weighted by Crippen LogP contribution is -2.24. The molecule has 2 rings (SSSR count). The first-order chi connectivity index (χ1) is 9.06. The molecule has 1 aromatic carbocycles. The zero-order chi connectivity index (χ0) is 13.8. The van der Waals surface area contributed by atoms with Crippen molar-refractivity contribution in [2.75, 3.05) is 0 Å². The highest BCUT2D eigenvalue weighted by Crippen LogP contribution is 2.26. The number of nitrogens with one attached hydrogen (secondary N) is 1. The highest BCUT2D eigenvalue weighted by atomic mass is 35.5. The minimum Gasteiger partial charge on any atom is -0.305 e. The van der Waals surface area contributed by atoms with E-state index >= 15 is 0 Å². The summed E-state index contributed by atoms with van der Waals surface area (Å²) in [4.78, 5) is 1.36. The monoisotopic (exact) mass is 313 g/mol. The van der Waals surface area contributed by atoms with Gasteiger partial charge in [-0.1, -0.05) is 43.1 Å². The van der Waals surface area contributed by atoms with Gasteiger partial charge in [-0.2, -0.15) is 0 Å². The van der Waals surface area contributed by atoms with Crippen molar-refractivity contribution in [3.05, 3.63) is 56.2 Å². The van der Waals surface area contributed by atoms with E-state index in [1.165, 1.54) is 4.88 Å². The van der Waals surface area contributed by atoms with E-state index in [0.29, 0.717) is 22.0 Å². The van der Waals surface area contributed by atoms with Gasteiger partial charge < -0.3 is 5.32 Å². The van der Waals surface area contributed by atoms with Crippen molar-refractivity contribution in [2.24, 2.45) is 5.92 Å². The molecule has 1 heterocycles. The van der Waals surface area contributed by atoms with Crippen LogP contribution in [-0.2, 0) is 6.54 Å². The predicted octanol–water partition coefficient (Wildman–Crippen LogP) is 5.54. The Morgan fingerprint density at radius 3 is 2.37 bits per heavy atom. The topological polar surface area (TPSA) is 12.0 Å². The average Bonchev–Trinajstić information content (AvgIpc) is 2.81. The molecule has 1 unspecified atom stereocenters. The lowest BCUT2D eigenvalue weighted by Gasteiger charge is -2.21. The van der Waals surface area contributed by atoms with Crippen molar-refractivity contribution < 1.29 is 0 Å². The predicted molar refractivity (Wildman–Crippen MR) is 85.2 cm³/mol. The third kappa shape index (κ3) is 4.22. The minimum atomic E-state index is 0.359. The molecule has 0 fully saturated rings. The van der Waals surface area contributed by atoms with Gasteiger partial charge in [0, 0.05) is 27.5 Å². The molecule has 0 saturated heterocycles. The normalized spacial score (nSPS) is 12.9. The summed E-state index contributed by atoms with van der Waals surface area (Å²) in [6.07, 6.45) is 0. The van der Waals surface area contributed by atoms with Gasteiger partial charge in [0.25, 0.3) is 0 Å². The summed E-state index contributed by atoms with van der Waals surface area (Å²) in [7, 11) is 0. The van der Waals surface area contributed by atoms with Gasteiger partial charge in [-0.25, -0.2) is 0 Å². The molecule has 19 heavy (non-hydrogen) atoms. The molecule has 1 aromatic heterocycles. The smallest absolute Gasteiger partial charge is 0.0440 e. The van der Waals surface area contributed by atoms with E-state index in [0.717, 1.165) is 12.1 Å².